The van der Waals surface area contributed by atoms with Crippen LogP contribution in [-0.2, 0) is 14.4 Å². The zero-order valence-corrected chi connectivity index (χ0v) is 49.1. The molecular formula is C67H113N4O4+. The van der Waals surface area contributed by atoms with E-state index < -0.39 is 0 Å². The van der Waals surface area contributed by atoms with Crippen molar-refractivity contribution in [3.63, 3.8) is 0 Å². The molecule has 0 spiro atoms. The summed E-state index contributed by atoms with van der Waals surface area (Å²) in [6.45, 7) is 11.0. The number of aliphatic hydroxyl groups is 1. The molecule has 0 saturated carbocycles. The van der Waals surface area contributed by atoms with Crippen molar-refractivity contribution < 1.29 is 24.1 Å². The molecule has 75 heavy (non-hydrogen) atoms. The van der Waals surface area contributed by atoms with E-state index in [2.05, 4.69) is 49.0 Å². The van der Waals surface area contributed by atoms with Gasteiger partial charge in [0.1, 0.15) is 18.8 Å². The molecule has 0 fully saturated rings. The van der Waals surface area contributed by atoms with Gasteiger partial charge in [-0.25, -0.2) is 9.57 Å². The summed E-state index contributed by atoms with van der Waals surface area (Å²) in [5.74, 6) is -0.601. The molecule has 3 rings (SSSR count). The van der Waals surface area contributed by atoms with Crippen LogP contribution in [0, 0.1) is 0 Å². The van der Waals surface area contributed by atoms with Crippen LogP contribution in [0.25, 0.3) is 5.57 Å². The zero-order chi connectivity index (χ0) is 53.8. The molecule has 1 aromatic rings. The SMILES string of the molecule is CCCCCCCCCCCCCC(=O)Nc1ccc(C2=C(O)/C(=C3\C=CC(=[N+](CCCCCCCCCCCC)CCCCCCCCCCCC)C=N3)C2=O)c(NC(=O)CCCCCCCCCCCCC)c1. The summed E-state index contributed by atoms with van der Waals surface area (Å²) in [7, 11) is 0. The van der Waals surface area contributed by atoms with Crippen molar-refractivity contribution in [2.45, 2.75) is 310 Å². The van der Waals surface area contributed by atoms with Crippen LogP contribution in [-0.4, -0.2) is 52.3 Å². The van der Waals surface area contributed by atoms with Gasteiger partial charge in [0.15, 0.2) is 0 Å². The topological polar surface area (TPSA) is 111 Å². The lowest BCUT2D eigenvalue weighted by molar-refractivity contribution is -0.526. The minimum absolute atomic E-state index is 0.0607. The number of dihydropyridines is 1. The predicted octanol–water partition coefficient (Wildman–Crippen LogP) is 20.0. The van der Waals surface area contributed by atoms with Gasteiger partial charge in [-0.1, -0.05) is 259 Å². The standard InChI is InChI=1S/C67H112N4O4/c1-5-9-13-17-21-25-29-31-35-39-43-47-62(72)69-57-49-51-59(61(55-57)70-63(73)48-44-40-36-32-30-26-22-18-14-10-6-2)64-66(74)65(67(64)75)60-52-50-58(56-68-60)71(53-45-41-37-33-27-23-19-15-11-7-3)54-46-42-38-34-28-24-20-16-12-8-4/h49-52,55-56H,5-48,53-54H2,1-4H3,(H2,68,69,70,72,73,74,75)/p+1. The molecule has 1 aromatic carbocycles. The van der Waals surface area contributed by atoms with Gasteiger partial charge in [0.2, 0.25) is 23.3 Å². The highest BCUT2D eigenvalue weighted by atomic mass is 16.3. The summed E-state index contributed by atoms with van der Waals surface area (Å²) in [6, 6.07) is 5.25. The van der Waals surface area contributed by atoms with Gasteiger partial charge in [-0.3, -0.25) is 14.4 Å². The van der Waals surface area contributed by atoms with Gasteiger partial charge in [-0.15, -0.1) is 0 Å². The summed E-state index contributed by atoms with van der Waals surface area (Å²) < 4.78 is 2.48. The predicted molar refractivity (Wildman–Crippen MR) is 324 cm³/mol. The number of aliphatic hydroxyl groups excluding tert-OH is 1. The number of nitrogens with zero attached hydrogens (tertiary/aromatic N) is 2. The normalized spacial score (nSPS) is 14.3. The number of aliphatic imine (C=N–C) groups is 1. The summed E-state index contributed by atoms with van der Waals surface area (Å²) in [4.78, 5) is 45.5. The Bertz CT molecular complexity index is 1830. The molecule has 1 aliphatic carbocycles. The molecule has 1 aliphatic heterocycles. The van der Waals surface area contributed by atoms with E-state index in [4.69, 9.17) is 4.99 Å². The summed E-state index contributed by atoms with van der Waals surface area (Å²) in [6.07, 6.45) is 59.5. The number of unbranched alkanes of at least 4 members (excludes halogenated alkanes) is 38. The molecule has 424 valence electrons. The van der Waals surface area contributed by atoms with Crippen molar-refractivity contribution in [3.8, 4) is 0 Å². The Labute approximate surface area is 460 Å². The first kappa shape index (κ1) is 65.5. The summed E-state index contributed by atoms with van der Waals surface area (Å²) in [5.41, 5.74) is 3.32. The quantitative estimate of drug-likeness (QED) is 0.0343. The molecule has 2 amide bonds. The maximum absolute atomic E-state index is 14.1. The molecule has 0 atom stereocenters. The third-order valence-electron chi connectivity index (χ3n) is 15.7. The van der Waals surface area contributed by atoms with Crippen LogP contribution in [0.2, 0.25) is 0 Å². The van der Waals surface area contributed by atoms with Gasteiger partial charge in [0.05, 0.1) is 28.7 Å². The molecule has 8 nitrogen and oxygen atoms in total. The number of anilines is 2. The lowest BCUT2D eigenvalue weighted by atomic mass is 9.81. The van der Waals surface area contributed by atoms with Crippen molar-refractivity contribution in [3.05, 3.63) is 52.9 Å². The van der Waals surface area contributed by atoms with Crippen LogP contribution >= 0.6 is 0 Å². The Morgan fingerprint density at radius 3 is 1.17 bits per heavy atom. The first-order valence-corrected chi connectivity index (χ1v) is 32.1. The summed E-state index contributed by atoms with van der Waals surface area (Å²) >= 11 is 0. The van der Waals surface area contributed by atoms with Crippen LogP contribution in [0.5, 0.6) is 0 Å². The lowest BCUT2D eigenvalue weighted by Crippen LogP contribution is -2.27. The molecule has 2 aliphatic rings. The molecule has 1 heterocycles. The monoisotopic (exact) mass is 1040 g/mol. The molecule has 8 heteroatoms. The zero-order valence-electron chi connectivity index (χ0n) is 49.1. The number of hydrogen-bond donors (Lipinski definition) is 3. The van der Waals surface area contributed by atoms with E-state index in [0.717, 1.165) is 70.2 Å². The molecular weight excluding hydrogens is 925 g/mol. The van der Waals surface area contributed by atoms with Crippen molar-refractivity contribution in [1.29, 1.82) is 0 Å². The number of allylic oxidation sites excluding steroid dienone is 4. The highest BCUT2D eigenvalue weighted by molar-refractivity contribution is 6.41. The van der Waals surface area contributed by atoms with E-state index in [1.165, 1.54) is 218 Å². The van der Waals surface area contributed by atoms with E-state index in [9.17, 15) is 19.5 Å². The fourth-order valence-electron chi connectivity index (χ4n) is 10.8. The fraction of sp³-hybridized carbons (Fsp3) is 0.746. The van der Waals surface area contributed by atoms with Gasteiger partial charge in [0.25, 0.3) is 0 Å². The largest absolute Gasteiger partial charge is 0.506 e. The molecule has 0 unspecified atom stereocenters. The van der Waals surface area contributed by atoms with E-state index in [-0.39, 0.29) is 34.5 Å². The highest BCUT2D eigenvalue weighted by Crippen LogP contribution is 2.42. The second-order valence-corrected chi connectivity index (χ2v) is 22.6. The average Bonchev–Trinajstić information content (AvgIpc) is 3.41. The van der Waals surface area contributed by atoms with Gasteiger partial charge < -0.3 is 15.7 Å². The average molecular weight is 1040 g/mol. The van der Waals surface area contributed by atoms with Crippen LogP contribution in [0.4, 0.5) is 11.4 Å². The van der Waals surface area contributed by atoms with Gasteiger partial charge >= 0.3 is 0 Å². The van der Waals surface area contributed by atoms with Gasteiger partial charge in [0, 0.05) is 43.0 Å². The van der Waals surface area contributed by atoms with Crippen LogP contribution in [0.1, 0.15) is 316 Å². The minimum Gasteiger partial charge on any atom is -0.506 e. The number of Topliss-reactive ketones (excluding diaryl/α,β-unsaturated/α-hetero) is 1. The molecule has 0 bridgehead atoms. The minimum atomic E-state index is -0.297. The van der Waals surface area contributed by atoms with Crippen molar-refractivity contribution in [2.75, 3.05) is 23.7 Å². The second kappa shape index (κ2) is 44.2. The van der Waals surface area contributed by atoms with Crippen molar-refractivity contribution in [2.24, 2.45) is 4.99 Å². The van der Waals surface area contributed by atoms with Crippen LogP contribution < -0.4 is 10.6 Å². The third kappa shape index (κ3) is 29.5. The smallest absolute Gasteiger partial charge is 0.224 e. The maximum Gasteiger partial charge on any atom is 0.224 e. The Morgan fingerprint density at radius 2 is 0.813 bits per heavy atom. The Morgan fingerprint density at radius 1 is 0.453 bits per heavy atom. The Kier molecular flexibility index (Phi) is 38.6. The number of amides is 2. The third-order valence-corrected chi connectivity index (χ3v) is 15.7. The van der Waals surface area contributed by atoms with Crippen molar-refractivity contribution in [1.82, 2.24) is 0 Å². The lowest BCUT2D eigenvalue weighted by Gasteiger charge is -2.25. The number of ketones is 1. The van der Waals surface area contributed by atoms with Crippen molar-refractivity contribution >= 4 is 46.5 Å². The fourth-order valence-corrected chi connectivity index (χ4v) is 10.8. The second-order valence-electron chi connectivity index (χ2n) is 22.6. The molecule has 0 saturated heterocycles. The number of hydrogen-bond acceptors (Lipinski definition) is 5. The number of nitrogens with one attached hydrogen (secondary N) is 2. The maximum atomic E-state index is 14.1. The molecule has 0 radical (unpaired) electrons. The van der Waals surface area contributed by atoms with Crippen LogP contribution in [0.3, 0.4) is 0 Å². The number of benzene rings is 1. The van der Waals surface area contributed by atoms with Crippen LogP contribution in [0.15, 0.2) is 52.4 Å². The van der Waals surface area contributed by atoms with E-state index >= 15 is 0 Å². The molecule has 3 N–H and O–H groups in total. The van der Waals surface area contributed by atoms with Gasteiger partial charge in [-0.05, 0) is 50.0 Å². The molecule has 0 aromatic heterocycles. The first-order chi connectivity index (χ1) is 36.8. The van der Waals surface area contributed by atoms with Gasteiger partial charge in [-0.2, -0.15) is 0 Å². The summed E-state index contributed by atoms with van der Waals surface area (Å²) in [5, 5.41) is 17.8. The Balaban J connectivity index is 1.68. The number of carbonyl (C=O) groups excluding carboxylic acids is 3. The Hall–Kier alpha value is -3.81. The number of rotatable bonds is 49. The van der Waals surface area contributed by atoms with E-state index in [1.807, 2.05) is 12.3 Å². The highest BCUT2D eigenvalue weighted by Gasteiger charge is 2.39. The number of carbonyl (C=O) groups is 3. The first-order valence-electron chi connectivity index (χ1n) is 32.1. The van der Waals surface area contributed by atoms with E-state index in [1.54, 1.807) is 18.2 Å². The van der Waals surface area contributed by atoms with E-state index in [0.29, 0.717) is 35.5 Å².